The summed E-state index contributed by atoms with van der Waals surface area (Å²) < 4.78 is 1.91. The van der Waals surface area contributed by atoms with Crippen molar-refractivity contribution in [2.24, 2.45) is 0 Å². The van der Waals surface area contributed by atoms with Crippen molar-refractivity contribution in [3.63, 3.8) is 0 Å². The molecule has 1 unspecified atom stereocenters. The molecule has 1 aliphatic heterocycles. The van der Waals surface area contributed by atoms with Crippen molar-refractivity contribution in [1.29, 1.82) is 0 Å². The van der Waals surface area contributed by atoms with Crippen LogP contribution in [0.1, 0.15) is 58.2 Å². The minimum absolute atomic E-state index is 0.281. The van der Waals surface area contributed by atoms with Gasteiger partial charge in [0.2, 0.25) is 0 Å². The summed E-state index contributed by atoms with van der Waals surface area (Å²) in [7, 11) is 0. The van der Waals surface area contributed by atoms with E-state index in [1.807, 2.05) is 16.9 Å². The van der Waals surface area contributed by atoms with Gasteiger partial charge in [-0.25, -0.2) is 0 Å². The zero-order chi connectivity index (χ0) is 13.9. The number of hydrogen-bond acceptors (Lipinski definition) is 3. The Hall–Kier alpha value is -1.16. The number of carbonyl (C=O) groups is 1. The summed E-state index contributed by atoms with van der Waals surface area (Å²) >= 11 is 0. The summed E-state index contributed by atoms with van der Waals surface area (Å²) in [6.45, 7) is 7.29. The van der Waals surface area contributed by atoms with Crippen LogP contribution in [0.15, 0.2) is 12.3 Å². The van der Waals surface area contributed by atoms with Crippen LogP contribution in [-0.4, -0.2) is 27.6 Å². The highest BCUT2D eigenvalue weighted by Crippen LogP contribution is 2.27. The smallest absolute Gasteiger partial charge is 0.158 e. The van der Waals surface area contributed by atoms with Crippen LogP contribution in [0.25, 0.3) is 0 Å². The molecule has 1 N–H and O–H groups in total. The molecule has 1 aromatic heterocycles. The molecule has 0 amide bonds. The lowest BCUT2D eigenvalue weighted by Crippen LogP contribution is -2.48. The molecule has 0 saturated carbocycles. The number of Topliss-reactive ketones (excluding diaryl/α,β-unsaturated/α-hetero) is 1. The van der Waals surface area contributed by atoms with Crippen LogP contribution in [0.4, 0.5) is 0 Å². The fourth-order valence-corrected chi connectivity index (χ4v) is 2.92. The number of aromatic nitrogens is 2. The fourth-order valence-electron chi connectivity index (χ4n) is 2.92. The Morgan fingerprint density at radius 3 is 2.89 bits per heavy atom. The van der Waals surface area contributed by atoms with E-state index in [2.05, 4.69) is 31.2 Å². The van der Waals surface area contributed by atoms with E-state index in [9.17, 15) is 4.79 Å². The molecule has 2 heterocycles. The van der Waals surface area contributed by atoms with Gasteiger partial charge in [0.15, 0.2) is 5.78 Å². The second-order valence-electron chi connectivity index (χ2n) is 5.84. The van der Waals surface area contributed by atoms with Crippen molar-refractivity contribution in [2.45, 2.75) is 64.5 Å². The van der Waals surface area contributed by atoms with Gasteiger partial charge in [-0.1, -0.05) is 13.3 Å². The molecule has 0 aromatic carbocycles. The molecule has 1 fully saturated rings. The van der Waals surface area contributed by atoms with E-state index < -0.39 is 0 Å². The number of nitrogens with one attached hydrogen (secondary N) is 1. The molecular weight excluding hydrogens is 238 g/mol. The molecule has 0 radical (unpaired) electrons. The molecule has 4 nitrogen and oxygen atoms in total. The lowest BCUT2D eigenvalue weighted by atomic mass is 9.85. The molecule has 2 rings (SSSR count). The van der Waals surface area contributed by atoms with Crippen LogP contribution in [-0.2, 0) is 11.2 Å². The maximum atomic E-state index is 12.6. The first-order valence-corrected chi connectivity index (χ1v) is 7.40. The summed E-state index contributed by atoms with van der Waals surface area (Å²) in [5.41, 5.74) is 0.610. The number of hydrogen-bond donors (Lipinski definition) is 1. The lowest BCUT2D eigenvalue weighted by molar-refractivity contribution is -0.124. The van der Waals surface area contributed by atoms with E-state index in [1.54, 1.807) is 0 Å². The molecule has 1 atom stereocenters. The first-order valence-electron chi connectivity index (χ1n) is 7.40. The highest BCUT2D eigenvalue weighted by atomic mass is 16.1. The van der Waals surface area contributed by atoms with Gasteiger partial charge in [-0.05, 0) is 45.7 Å². The minimum atomic E-state index is -0.281. The molecular formula is C15H25N3O. The standard InChI is InChI=1S/C15H25N3O/c1-4-7-15(8-5-9-16-15)14(19)11-13-6-10-18(17-13)12(2)3/h6,10,12,16H,4-5,7-9,11H2,1-3H3. The van der Waals surface area contributed by atoms with Crippen LogP contribution in [0.3, 0.4) is 0 Å². The number of nitrogens with zero attached hydrogens (tertiary/aromatic N) is 2. The summed E-state index contributed by atoms with van der Waals surface area (Å²) in [6.07, 6.45) is 6.47. The predicted molar refractivity (Wildman–Crippen MR) is 76.2 cm³/mol. The van der Waals surface area contributed by atoms with Crippen molar-refractivity contribution in [1.82, 2.24) is 15.1 Å². The number of ketones is 1. The first kappa shape index (κ1) is 14.3. The minimum Gasteiger partial charge on any atom is -0.305 e. The average Bonchev–Trinajstić information content (AvgIpc) is 2.99. The largest absolute Gasteiger partial charge is 0.305 e. The van der Waals surface area contributed by atoms with E-state index >= 15 is 0 Å². The molecule has 4 heteroatoms. The Morgan fingerprint density at radius 2 is 2.37 bits per heavy atom. The van der Waals surface area contributed by atoms with Gasteiger partial charge in [0.1, 0.15) is 0 Å². The Balaban J connectivity index is 2.06. The molecule has 19 heavy (non-hydrogen) atoms. The van der Waals surface area contributed by atoms with Gasteiger partial charge in [-0.3, -0.25) is 9.48 Å². The Kier molecular flexibility index (Phi) is 4.40. The van der Waals surface area contributed by atoms with Gasteiger partial charge in [0.05, 0.1) is 17.7 Å². The van der Waals surface area contributed by atoms with Crippen molar-refractivity contribution in [3.05, 3.63) is 18.0 Å². The maximum Gasteiger partial charge on any atom is 0.158 e. The Labute approximate surface area is 115 Å². The van der Waals surface area contributed by atoms with Crippen molar-refractivity contribution in [3.8, 4) is 0 Å². The molecule has 1 aliphatic rings. The molecule has 1 aromatic rings. The third-order valence-electron chi connectivity index (χ3n) is 3.99. The van der Waals surface area contributed by atoms with Crippen molar-refractivity contribution < 1.29 is 4.79 Å². The molecule has 106 valence electrons. The van der Waals surface area contributed by atoms with Gasteiger partial charge in [-0.2, -0.15) is 5.10 Å². The second kappa shape index (κ2) is 5.87. The van der Waals surface area contributed by atoms with E-state index in [1.165, 1.54) is 0 Å². The van der Waals surface area contributed by atoms with Gasteiger partial charge >= 0.3 is 0 Å². The molecule has 0 bridgehead atoms. The van der Waals surface area contributed by atoms with Crippen LogP contribution in [0.2, 0.25) is 0 Å². The quantitative estimate of drug-likeness (QED) is 0.857. The fraction of sp³-hybridized carbons (Fsp3) is 0.733. The van der Waals surface area contributed by atoms with E-state index in [0.717, 1.165) is 37.9 Å². The second-order valence-corrected chi connectivity index (χ2v) is 5.84. The lowest BCUT2D eigenvalue weighted by Gasteiger charge is -2.27. The van der Waals surface area contributed by atoms with Gasteiger partial charge in [0.25, 0.3) is 0 Å². The molecule has 0 aliphatic carbocycles. The van der Waals surface area contributed by atoms with Crippen molar-refractivity contribution >= 4 is 5.78 Å². The van der Waals surface area contributed by atoms with Gasteiger partial charge < -0.3 is 5.32 Å². The summed E-state index contributed by atoms with van der Waals surface area (Å²) in [5, 5.41) is 7.92. The van der Waals surface area contributed by atoms with Crippen LogP contribution in [0.5, 0.6) is 0 Å². The molecule has 1 saturated heterocycles. The van der Waals surface area contributed by atoms with Crippen LogP contribution < -0.4 is 5.32 Å². The Bertz CT molecular complexity index is 430. The SMILES string of the molecule is CCCC1(C(=O)Cc2ccn(C(C)C)n2)CCCN1. The first-order chi connectivity index (χ1) is 9.07. The van der Waals surface area contributed by atoms with Crippen LogP contribution in [0, 0.1) is 0 Å². The zero-order valence-corrected chi connectivity index (χ0v) is 12.3. The monoisotopic (exact) mass is 263 g/mol. The Morgan fingerprint density at radius 1 is 1.58 bits per heavy atom. The highest BCUT2D eigenvalue weighted by molar-refractivity contribution is 5.90. The van der Waals surface area contributed by atoms with E-state index in [-0.39, 0.29) is 5.54 Å². The molecule has 0 spiro atoms. The van der Waals surface area contributed by atoms with Gasteiger partial charge in [0, 0.05) is 12.2 Å². The third kappa shape index (κ3) is 3.06. The third-order valence-corrected chi connectivity index (χ3v) is 3.99. The van der Waals surface area contributed by atoms with E-state index in [0.29, 0.717) is 18.2 Å². The summed E-state index contributed by atoms with van der Waals surface area (Å²) in [6, 6.07) is 2.31. The van der Waals surface area contributed by atoms with Crippen molar-refractivity contribution in [2.75, 3.05) is 6.54 Å². The normalized spacial score (nSPS) is 23.2. The number of rotatable bonds is 6. The van der Waals surface area contributed by atoms with Crippen LogP contribution >= 0.6 is 0 Å². The number of carbonyl (C=O) groups excluding carboxylic acids is 1. The van der Waals surface area contributed by atoms with E-state index in [4.69, 9.17) is 0 Å². The maximum absolute atomic E-state index is 12.6. The summed E-state index contributed by atoms with van der Waals surface area (Å²) in [5.74, 6) is 0.306. The predicted octanol–water partition coefficient (Wildman–Crippen LogP) is 2.50. The average molecular weight is 263 g/mol. The topological polar surface area (TPSA) is 46.9 Å². The highest BCUT2D eigenvalue weighted by Gasteiger charge is 2.39. The zero-order valence-electron chi connectivity index (χ0n) is 12.3. The summed E-state index contributed by atoms with van der Waals surface area (Å²) in [4.78, 5) is 12.6. The van der Waals surface area contributed by atoms with Gasteiger partial charge in [-0.15, -0.1) is 0 Å².